The lowest BCUT2D eigenvalue weighted by molar-refractivity contribution is -0.164. The molecule has 2 heterocycles. The van der Waals surface area contributed by atoms with Crippen LogP contribution < -0.4 is 0 Å². The van der Waals surface area contributed by atoms with Gasteiger partial charge in [0.2, 0.25) is 5.91 Å². The van der Waals surface area contributed by atoms with E-state index in [1.165, 1.54) is 0 Å². The average molecular weight is 446 g/mol. The van der Waals surface area contributed by atoms with Gasteiger partial charge in [-0.15, -0.1) is 11.8 Å². The number of alkyl halides is 1. The molecular formula is C21H20BrNO3S. The first kappa shape index (κ1) is 18.6. The van der Waals surface area contributed by atoms with E-state index in [0.717, 1.165) is 11.1 Å². The fourth-order valence-corrected chi connectivity index (χ4v) is 6.02. The molecule has 0 spiro atoms. The Balaban J connectivity index is 1.65. The number of thioether (sulfide) groups is 1. The molecule has 6 heteroatoms. The minimum Gasteiger partial charge on any atom is -0.451 e. The highest BCUT2D eigenvalue weighted by atomic mass is 79.9. The van der Waals surface area contributed by atoms with Crippen LogP contribution in [0.1, 0.15) is 30.6 Å². The summed E-state index contributed by atoms with van der Waals surface area (Å²) < 4.78 is 5.64. The maximum atomic E-state index is 13.3. The van der Waals surface area contributed by atoms with Crippen molar-refractivity contribution < 1.29 is 14.3 Å². The van der Waals surface area contributed by atoms with E-state index in [2.05, 4.69) is 15.9 Å². The number of hydrogen-bond acceptors (Lipinski definition) is 4. The van der Waals surface area contributed by atoms with Gasteiger partial charge in [0.1, 0.15) is 6.04 Å². The average Bonchev–Trinajstić information content (AvgIpc) is 2.95. The molecule has 27 heavy (non-hydrogen) atoms. The second-order valence-electron chi connectivity index (χ2n) is 7.06. The Kier molecular flexibility index (Phi) is 5.03. The van der Waals surface area contributed by atoms with Gasteiger partial charge in [0, 0.05) is 5.33 Å². The van der Waals surface area contributed by atoms with Crippen LogP contribution >= 0.6 is 27.7 Å². The van der Waals surface area contributed by atoms with Gasteiger partial charge in [0.25, 0.3) is 0 Å². The van der Waals surface area contributed by atoms with Gasteiger partial charge in [-0.25, -0.2) is 4.79 Å². The first-order valence-electron chi connectivity index (χ1n) is 8.89. The van der Waals surface area contributed by atoms with Crippen molar-refractivity contribution in [3.63, 3.8) is 0 Å². The van der Waals surface area contributed by atoms with Gasteiger partial charge < -0.3 is 9.64 Å². The molecule has 2 aromatic carbocycles. The summed E-state index contributed by atoms with van der Waals surface area (Å²) in [5.41, 5.74) is 1.82. The highest BCUT2D eigenvalue weighted by Crippen LogP contribution is 2.52. The van der Waals surface area contributed by atoms with Gasteiger partial charge in [-0.2, -0.15) is 0 Å². The van der Waals surface area contributed by atoms with Gasteiger partial charge in [-0.3, -0.25) is 4.79 Å². The summed E-state index contributed by atoms with van der Waals surface area (Å²) >= 11 is 5.21. The summed E-state index contributed by atoms with van der Waals surface area (Å²) in [6, 6.07) is 18.8. The summed E-state index contributed by atoms with van der Waals surface area (Å²) in [5, 5.41) is 0.691. The van der Waals surface area contributed by atoms with Gasteiger partial charge >= 0.3 is 5.97 Å². The Morgan fingerprint density at radius 2 is 1.74 bits per heavy atom. The molecule has 0 saturated carbocycles. The number of halogens is 1. The number of carbonyl (C=O) groups excluding carboxylic acids is 2. The Morgan fingerprint density at radius 1 is 1.19 bits per heavy atom. The quantitative estimate of drug-likeness (QED) is 0.394. The molecule has 0 bridgehead atoms. The minimum atomic E-state index is -0.581. The van der Waals surface area contributed by atoms with Crippen molar-refractivity contribution in [3.8, 4) is 0 Å². The normalized spacial score (nSPS) is 26.6. The molecule has 0 radical (unpaired) electrons. The maximum Gasteiger partial charge on any atom is 0.331 e. The van der Waals surface area contributed by atoms with Crippen LogP contribution in [0.2, 0.25) is 0 Å². The third-order valence-electron chi connectivity index (χ3n) is 5.14. The zero-order valence-corrected chi connectivity index (χ0v) is 17.3. The van der Waals surface area contributed by atoms with Gasteiger partial charge in [0.15, 0.2) is 6.10 Å². The van der Waals surface area contributed by atoms with Crippen molar-refractivity contribution in [1.29, 1.82) is 0 Å². The van der Waals surface area contributed by atoms with Gasteiger partial charge in [0.05, 0.1) is 16.5 Å². The van der Waals surface area contributed by atoms with Crippen LogP contribution in [0.5, 0.6) is 0 Å². The summed E-state index contributed by atoms with van der Waals surface area (Å²) in [6.45, 7) is 2.02. The number of amides is 1. The van der Waals surface area contributed by atoms with Crippen molar-refractivity contribution in [2.24, 2.45) is 0 Å². The molecule has 2 fully saturated rings. The monoisotopic (exact) mass is 445 g/mol. The summed E-state index contributed by atoms with van der Waals surface area (Å²) in [6.07, 6.45) is -0.00224. The molecule has 0 aliphatic carbocycles. The number of carbonyl (C=O) groups is 2. The fourth-order valence-electron chi connectivity index (χ4n) is 3.71. The van der Waals surface area contributed by atoms with E-state index in [4.69, 9.17) is 4.74 Å². The highest BCUT2D eigenvalue weighted by molar-refractivity contribution is 9.09. The van der Waals surface area contributed by atoms with Crippen LogP contribution in [0.3, 0.4) is 0 Å². The SMILES string of the molecule is C[C@]1(CBr)S[C@@H]2CC(=O)N2[C@H]1C(=O)OC(c1ccccc1)c1ccccc1. The summed E-state index contributed by atoms with van der Waals surface area (Å²) in [7, 11) is 0. The van der Waals surface area contributed by atoms with E-state index < -0.39 is 16.9 Å². The van der Waals surface area contributed by atoms with Crippen LogP contribution in [-0.4, -0.2) is 38.3 Å². The third kappa shape index (κ3) is 3.29. The lowest BCUT2D eigenvalue weighted by Gasteiger charge is -2.38. The second-order valence-corrected chi connectivity index (χ2v) is 9.34. The molecule has 1 amide bonds. The number of esters is 1. The molecule has 4 nitrogen and oxygen atoms in total. The first-order valence-corrected chi connectivity index (χ1v) is 10.9. The van der Waals surface area contributed by atoms with Crippen LogP contribution in [-0.2, 0) is 14.3 Å². The topological polar surface area (TPSA) is 46.6 Å². The molecule has 3 atom stereocenters. The number of β-lactam (4-membered cyclic amide) rings is 1. The molecule has 0 N–H and O–H groups in total. The fraction of sp³-hybridized carbons (Fsp3) is 0.333. The Labute approximate surface area is 171 Å². The van der Waals surface area contributed by atoms with Crippen molar-refractivity contribution in [2.75, 3.05) is 5.33 Å². The standard InChI is InChI=1S/C21H20BrNO3S/c1-21(13-22)19(23-16(24)12-17(23)27-21)20(25)26-18(14-8-4-2-5-9-14)15-10-6-3-7-11-15/h2-11,17-19H,12-13H2,1H3/t17-,19+,21-/m1/s1. The lowest BCUT2D eigenvalue weighted by Crippen LogP contribution is -2.58. The second kappa shape index (κ2) is 7.32. The molecule has 2 aliphatic heterocycles. The predicted octanol–water partition coefficient (Wildman–Crippen LogP) is 4.15. The van der Waals surface area contributed by atoms with Crippen molar-refractivity contribution in [2.45, 2.75) is 35.6 Å². The van der Waals surface area contributed by atoms with Crippen LogP contribution in [0, 0.1) is 0 Å². The number of nitrogens with zero attached hydrogens (tertiary/aromatic N) is 1. The van der Waals surface area contributed by atoms with E-state index in [1.54, 1.807) is 16.7 Å². The van der Waals surface area contributed by atoms with E-state index in [9.17, 15) is 9.59 Å². The molecular weight excluding hydrogens is 426 g/mol. The number of hydrogen-bond donors (Lipinski definition) is 0. The van der Waals surface area contributed by atoms with Crippen LogP contribution in [0.15, 0.2) is 60.7 Å². The Hall–Kier alpha value is -1.79. The molecule has 4 rings (SSSR count). The van der Waals surface area contributed by atoms with Crippen LogP contribution in [0.4, 0.5) is 0 Å². The molecule has 0 aromatic heterocycles. The van der Waals surface area contributed by atoms with Gasteiger partial charge in [-0.05, 0) is 18.1 Å². The molecule has 2 saturated heterocycles. The summed E-state index contributed by atoms with van der Waals surface area (Å²) in [5.74, 6) is -0.326. The minimum absolute atomic E-state index is 0.0232. The zero-order valence-electron chi connectivity index (χ0n) is 14.9. The number of ether oxygens (including phenoxy) is 1. The molecule has 0 unspecified atom stereocenters. The molecule has 140 valence electrons. The van der Waals surface area contributed by atoms with E-state index in [-0.39, 0.29) is 17.3 Å². The molecule has 2 aromatic rings. The van der Waals surface area contributed by atoms with Crippen molar-refractivity contribution >= 4 is 39.6 Å². The number of rotatable bonds is 5. The number of benzene rings is 2. The first-order chi connectivity index (χ1) is 13.0. The zero-order chi connectivity index (χ0) is 19.0. The predicted molar refractivity (Wildman–Crippen MR) is 110 cm³/mol. The Bertz CT molecular complexity index is 808. The van der Waals surface area contributed by atoms with E-state index in [0.29, 0.717) is 11.8 Å². The van der Waals surface area contributed by atoms with Gasteiger partial charge in [-0.1, -0.05) is 76.6 Å². The summed E-state index contributed by atoms with van der Waals surface area (Å²) in [4.78, 5) is 27.1. The van der Waals surface area contributed by atoms with Crippen LogP contribution in [0.25, 0.3) is 0 Å². The number of fused-ring (bicyclic) bond motifs is 1. The highest BCUT2D eigenvalue weighted by Gasteiger charge is 2.60. The smallest absolute Gasteiger partial charge is 0.331 e. The Morgan fingerprint density at radius 3 is 2.22 bits per heavy atom. The maximum absolute atomic E-state index is 13.3. The van der Waals surface area contributed by atoms with E-state index >= 15 is 0 Å². The van der Waals surface area contributed by atoms with Crippen molar-refractivity contribution in [1.82, 2.24) is 4.90 Å². The van der Waals surface area contributed by atoms with E-state index in [1.807, 2.05) is 67.6 Å². The van der Waals surface area contributed by atoms with Crippen molar-refractivity contribution in [3.05, 3.63) is 71.8 Å². The third-order valence-corrected chi connectivity index (χ3v) is 8.24. The largest absolute Gasteiger partial charge is 0.451 e. The lowest BCUT2D eigenvalue weighted by atomic mass is 9.97. The molecule has 2 aliphatic rings.